The fourth-order valence-corrected chi connectivity index (χ4v) is 5.41. The number of fused-ring (bicyclic) bond motifs is 2. The topological polar surface area (TPSA) is 201 Å². The van der Waals surface area contributed by atoms with Crippen LogP contribution < -0.4 is 5.90 Å². The second kappa shape index (κ2) is 18.4. The van der Waals surface area contributed by atoms with Gasteiger partial charge in [-0.2, -0.15) is 0 Å². The smallest absolute Gasteiger partial charge is 0.269 e. The van der Waals surface area contributed by atoms with Crippen molar-refractivity contribution < 1.29 is 34.5 Å². The van der Waals surface area contributed by atoms with E-state index in [-0.39, 0.29) is 54.3 Å². The first-order valence-corrected chi connectivity index (χ1v) is 15.6. The third-order valence-electron chi connectivity index (χ3n) is 8.11. The van der Waals surface area contributed by atoms with Crippen molar-refractivity contribution in [3.05, 3.63) is 138 Å². The molecule has 0 unspecified atom stereocenters. The summed E-state index contributed by atoms with van der Waals surface area (Å²) >= 11 is 0. The lowest BCUT2D eigenvalue weighted by Crippen LogP contribution is -2.12. The van der Waals surface area contributed by atoms with Crippen LogP contribution in [0.4, 0.5) is 11.4 Å². The number of oxime groups is 1. The van der Waals surface area contributed by atoms with Gasteiger partial charge in [0, 0.05) is 41.8 Å². The summed E-state index contributed by atoms with van der Waals surface area (Å²) in [4.78, 5) is 41.2. The van der Waals surface area contributed by atoms with E-state index in [0.29, 0.717) is 12.0 Å². The van der Waals surface area contributed by atoms with E-state index in [9.17, 15) is 35.2 Å². The second-order valence-electron chi connectivity index (χ2n) is 11.7. The van der Waals surface area contributed by atoms with Gasteiger partial charge in [-0.3, -0.25) is 29.9 Å². The predicted octanol–water partition coefficient (Wildman–Crippen LogP) is 7.49. The van der Waals surface area contributed by atoms with E-state index < -0.39 is 9.85 Å². The Morgan fingerprint density at radius 1 is 0.720 bits per heavy atom. The van der Waals surface area contributed by atoms with Crippen LogP contribution in [0, 0.1) is 34.1 Å². The van der Waals surface area contributed by atoms with E-state index in [1.54, 1.807) is 36.4 Å². The Bertz CT molecular complexity index is 1850. The number of ketones is 1. The molecule has 264 valence electrons. The molecule has 0 aliphatic heterocycles. The summed E-state index contributed by atoms with van der Waals surface area (Å²) in [7, 11) is 0. The molecule has 0 aromatic heterocycles. The fraction of sp³-hybridized carbons (Fsp3) is 0.278. The first-order chi connectivity index (χ1) is 23.5. The van der Waals surface area contributed by atoms with Crippen molar-refractivity contribution in [2.75, 3.05) is 0 Å². The maximum atomic E-state index is 11.4. The Kier molecular flexibility index (Phi) is 14.4. The standard InChI is InChI=1S/C18H18N2O4.C11H12O2.C7H8N2O3.ClH/c1-12-9-14-3-2-4-17(16(14)10-18(12)21)19-24-11-13-5-7-15(8-6-13)20(22)23;1-7-5-8-3-2-4-10(12)9(8)6-11(7)13;8-12-5-6-1-3-7(4-2-6)9(10)11;/h5-10,21H,2-4,11H2,1H3;5-6,13H,2-4H2,1H3;1-4H,5,8H2;1H/b19-17+;;;. The number of hydrogen-bond acceptors (Lipinski definition) is 11. The van der Waals surface area contributed by atoms with E-state index in [1.807, 2.05) is 26.0 Å². The Morgan fingerprint density at radius 2 is 1.18 bits per heavy atom. The number of non-ortho nitro benzene ring substituents is 2. The molecule has 6 rings (SSSR count). The number of nitrogens with two attached hydrogens (primary N) is 1. The highest BCUT2D eigenvalue weighted by atomic mass is 35.5. The van der Waals surface area contributed by atoms with Crippen LogP contribution in [0.2, 0.25) is 0 Å². The van der Waals surface area contributed by atoms with Gasteiger partial charge in [0.05, 0.1) is 22.2 Å². The van der Waals surface area contributed by atoms with Crippen LogP contribution in [0.1, 0.15) is 75.0 Å². The Balaban J connectivity index is 0.000000220. The molecule has 0 amide bonds. The van der Waals surface area contributed by atoms with Gasteiger partial charge in [0.1, 0.15) is 18.1 Å². The highest BCUT2D eigenvalue weighted by Gasteiger charge is 2.19. The van der Waals surface area contributed by atoms with Crippen LogP contribution in [0.25, 0.3) is 0 Å². The second-order valence-corrected chi connectivity index (χ2v) is 11.7. The van der Waals surface area contributed by atoms with E-state index >= 15 is 0 Å². The number of Topliss-reactive ketones (excluding diaryl/α,β-unsaturated/α-hetero) is 1. The highest BCUT2D eigenvalue weighted by molar-refractivity contribution is 6.02. The number of aryl methyl sites for hydroxylation is 4. The van der Waals surface area contributed by atoms with E-state index in [2.05, 4.69) is 9.99 Å². The number of carbonyl (C=O) groups excluding carboxylic acids is 1. The number of phenols is 2. The highest BCUT2D eigenvalue weighted by Crippen LogP contribution is 2.29. The fourth-order valence-electron chi connectivity index (χ4n) is 5.41. The van der Waals surface area contributed by atoms with Crippen molar-refractivity contribution in [2.24, 2.45) is 11.1 Å². The Labute approximate surface area is 295 Å². The minimum absolute atomic E-state index is 0. The summed E-state index contributed by atoms with van der Waals surface area (Å²) < 4.78 is 0. The summed E-state index contributed by atoms with van der Waals surface area (Å²) in [5, 5.41) is 44.4. The van der Waals surface area contributed by atoms with Gasteiger partial charge < -0.3 is 15.1 Å². The van der Waals surface area contributed by atoms with Crippen LogP contribution in [0.15, 0.2) is 78.0 Å². The predicted molar refractivity (Wildman–Crippen MR) is 190 cm³/mol. The third-order valence-corrected chi connectivity index (χ3v) is 8.11. The van der Waals surface area contributed by atoms with Gasteiger partial charge in [0.15, 0.2) is 5.78 Å². The van der Waals surface area contributed by atoms with Gasteiger partial charge in [-0.25, -0.2) is 5.90 Å². The molecule has 4 aromatic rings. The van der Waals surface area contributed by atoms with Crippen molar-refractivity contribution in [2.45, 2.75) is 65.6 Å². The van der Waals surface area contributed by atoms with Crippen molar-refractivity contribution in [3.8, 4) is 11.5 Å². The largest absolute Gasteiger partial charge is 0.508 e. The summed E-state index contributed by atoms with van der Waals surface area (Å²) in [5.41, 5.74) is 8.20. The number of nitrogens with zero attached hydrogens (tertiary/aromatic N) is 3. The molecule has 0 bridgehead atoms. The van der Waals surface area contributed by atoms with Crippen molar-refractivity contribution in [1.29, 1.82) is 0 Å². The van der Waals surface area contributed by atoms with Crippen LogP contribution in [-0.4, -0.2) is 31.6 Å². The van der Waals surface area contributed by atoms with Gasteiger partial charge in [-0.05, 0) is 116 Å². The van der Waals surface area contributed by atoms with E-state index in [1.165, 1.54) is 29.8 Å². The SMILES string of the molecule is Cc1cc2c(cc1O)/C(=N/OCc1ccc([N+](=O)[O-])cc1)CCC2.Cc1cc2c(cc1O)C(=O)CCC2.Cl.NOCc1ccc([N+](=O)[O-])cc1. The molecule has 2 aliphatic carbocycles. The zero-order chi connectivity index (χ0) is 35.5. The van der Waals surface area contributed by atoms with Crippen molar-refractivity contribution in [1.82, 2.24) is 0 Å². The molecule has 50 heavy (non-hydrogen) atoms. The molecule has 0 radical (unpaired) electrons. The molecule has 0 spiro atoms. The van der Waals surface area contributed by atoms with Crippen LogP contribution >= 0.6 is 12.4 Å². The summed E-state index contributed by atoms with van der Waals surface area (Å²) in [5.74, 6) is 5.48. The first-order valence-electron chi connectivity index (χ1n) is 15.6. The van der Waals surface area contributed by atoms with Gasteiger partial charge in [-0.15, -0.1) is 12.4 Å². The van der Waals surface area contributed by atoms with Crippen LogP contribution in [0.3, 0.4) is 0 Å². The quantitative estimate of drug-likeness (QED) is 0.128. The van der Waals surface area contributed by atoms with E-state index in [4.69, 9.17) is 10.7 Å². The number of aromatic hydroxyl groups is 2. The molecular weight excluding hydrogens is 668 g/mol. The summed E-state index contributed by atoms with van der Waals surface area (Å²) in [6.45, 7) is 4.24. The summed E-state index contributed by atoms with van der Waals surface area (Å²) in [6, 6.07) is 19.5. The molecule has 0 fully saturated rings. The minimum Gasteiger partial charge on any atom is -0.508 e. The molecule has 4 aromatic carbocycles. The van der Waals surface area contributed by atoms with E-state index in [0.717, 1.165) is 71.2 Å². The molecule has 0 heterocycles. The molecule has 14 heteroatoms. The Morgan fingerprint density at radius 3 is 1.68 bits per heavy atom. The number of hydrogen-bond donors (Lipinski definition) is 3. The maximum Gasteiger partial charge on any atom is 0.269 e. The molecule has 0 saturated carbocycles. The lowest BCUT2D eigenvalue weighted by molar-refractivity contribution is -0.385. The third kappa shape index (κ3) is 10.6. The molecule has 13 nitrogen and oxygen atoms in total. The Hall–Kier alpha value is -5.37. The van der Waals surface area contributed by atoms with Gasteiger partial charge in [0.2, 0.25) is 0 Å². The lowest BCUT2D eigenvalue weighted by atomic mass is 9.88. The number of halogens is 1. The normalized spacial score (nSPS) is 13.7. The average Bonchev–Trinajstić information content (AvgIpc) is 3.08. The number of nitro benzene ring substituents is 2. The van der Waals surface area contributed by atoms with Gasteiger partial charge >= 0.3 is 0 Å². The van der Waals surface area contributed by atoms with Gasteiger partial charge in [-0.1, -0.05) is 17.3 Å². The maximum absolute atomic E-state index is 11.4. The molecule has 2 aliphatic rings. The number of phenolic OH excluding ortho intramolecular Hbond substituents is 2. The number of carbonyl (C=O) groups is 1. The monoisotopic (exact) mass is 706 g/mol. The lowest BCUT2D eigenvalue weighted by Gasteiger charge is -2.18. The number of benzene rings is 4. The number of rotatable bonds is 7. The number of nitro groups is 2. The first kappa shape index (κ1) is 39.1. The minimum atomic E-state index is -0.451. The zero-order valence-corrected chi connectivity index (χ0v) is 28.5. The average molecular weight is 707 g/mol. The van der Waals surface area contributed by atoms with Gasteiger partial charge in [0.25, 0.3) is 11.4 Å². The zero-order valence-electron chi connectivity index (χ0n) is 27.7. The van der Waals surface area contributed by atoms with Crippen molar-refractivity contribution >= 4 is 35.3 Å². The summed E-state index contributed by atoms with van der Waals surface area (Å²) in [6.07, 6.45) is 5.29. The molecule has 0 saturated heterocycles. The van der Waals surface area contributed by atoms with Crippen molar-refractivity contribution in [3.63, 3.8) is 0 Å². The van der Waals surface area contributed by atoms with Crippen LogP contribution in [-0.2, 0) is 35.7 Å². The molecule has 4 N–H and O–H groups in total. The molecule has 0 atom stereocenters. The van der Waals surface area contributed by atoms with Crippen LogP contribution in [0.5, 0.6) is 11.5 Å². The molecular formula is C36H39ClN4O9.